The molecule has 7 nitrogen and oxygen atoms in total. The van der Waals surface area contributed by atoms with Crippen LogP contribution in [-0.4, -0.2) is 66.0 Å². The van der Waals surface area contributed by atoms with Gasteiger partial charge in [0.05, 0.1) is 27.9 Å². The first-order chi connectivity index (χ1) is 12.1. The SMILES string of the molecule is CN=C(NCc1cc(OC)c(OC)cc1OC)N(C)CC1CCOC1.I. The van der Waals surface area contributed by atoms with Crippen LogP contribution in [0.1, 0.15) is 12.0 Å². The molecular weight excluding hydrogens is 449 g/mol. The third-order valence-electron chi connectivity index (χ3n) is 4.35. The largest absolute Gasteiger partial charge is 0.496 e. The van der Waals surface area contributed by atoms with Gasteiger partial charge in [-0.25, -0.2) is 0 Å². The van der Waals surface area contributed by atoms with Gasteiger partial charge in [0.15, 0.2) is 17.5 Å². The van der Waals surface area contributed by atoms with E-state index in [-0.39, 0.29) is 24.0 Å². The summed E-state index contributed by atoms with van der Waals surface area (Å²) in [5.74, 6) is 3.45. The molecule has 0 radical (unpaired) electrons. The smallest absolute Gasteiger partial charge is 0.193 e. The van der Waals surface area contributed by atoms with E-state index in [1.165, 1.54) is 0 Å². The number of rotatable bonds is 7. The van der Waals surface area contributed by atoms with Crippen molar-refractivity contribution in [1.29, 1.82) is 0 Å². The molecule has 8 heteroatoms. The molecule has 1 N–H and O–H groups in total. The molecule has 26 heavy (non-hydrogen) atoms. The monoisotopic (exact) mass is 479 g/mol. The normalized spacial score (nSPS) is 16.7. The van der Waals surface area contributed by atoms with E-state index in [0.29, 0.717) is 24.0 Å². The molecule has 1 fully saturated rings. The summed E-state index contributed by atoms with van der Waals surface area (Å²) in [4.78, 5) is 6.50. The Bertz CT molecular complexity index is 592. The van der Waals surface area contributed by atoms with E-state index >= 15 is 0 Å². The van der Waals surface area contributed by atoms with Crippen LogP contribution in [0.15, 0.2) is 17.1 Å². The second-order valence-corrected chi connectivity index (χ2v) is 6.03. The molecule has 1 atom stereocenters. The molecule has 1 heterocycles. The molecule has 0 aromatic heterocycles. The van der Waals surface area contributed by atoms with Crippen molar-refractivity contribution >= 4 is 29.9 Å². The van der Waals surface area contributed by atoms with Crippen LogP contribution in [0.25, 0.3) is 0 Å². The van der Waals surface area contributed by atoms with Crippen LogP contribution in [0, 0.1) is 5.92 Å². The number of hydrogen-bond donors (Lipinski definition) is 1. The molecule has 1 saturated heterocycles. The summed E-state index contributed by atoms with van der Waals surface area (Å²) < 4.78 is 21.6. The Labute approximate surface area is 173 Å². The van der Waals surface area contributed by atoms with Crippen LogP contribution in [0.2, 0.25) is 0 Å². The van der Waals surface area contributed by atoms with Crippen LogP contribution in [0.3, 0.4) is 0 Å². The first-order valence-corrected chi connectivity index (χ1v) is 8.41. The van der Waals surface area contributed by atoms with E-state index in [1.807, 2.05) is 19.2 Å². The van der Waals surface area contributed by atoms with E-state index in [2.05, 4.69) is 15.2 Å². The lowest BCUT2D eigenvalue weighted by molar-refractivity contribution is 0.181. The maximum absolute atomic E-state index is 5.48. The maximum Gasteiger partial charge on any atom is 0.193 e. The average Bonchev–Trinajstić information content (AvgIpc) is 3.14. The Hall–Kier alpha value is -1.42. The summed E-state index contributed by atoms with van der Waals surface area (Å²) in [7, 11) is 8.71. The fourth-order valence-electron chi connectivity index (χ4n) is 2.99. The van der Waals surface area contributed by atoms with Gasteiger partial charge in [0.2, 0.25) is 0 Å². The zero-order valence-corrected chi connectivity index (χ0v) is 18.5. The Morgan fingerprint density at radius 2 is 1.85 bits per heavy atom. The Kier molecular flexibility index (Phi) is 9.85. The summed E-state index contributed by atoms with van der Waals surface area (Å²) >= 11 is 0. The van der Waals surface area contributed by atoms with Crippen LogP contribution in [-0.2, 0) is 11.3 Å². The highest BCUT2D eigenvalue weighted by atomic mass is 127. The van der Waals surface area contributed by atoms with E-state index in [1.54, 1.807) is 28.4 Å². The van der Waals surface area contributed by atoms with Gasteiger partial charge >= 0.3 is 0 Å². The standard InChI is InChI=1S/C18H29N3O4.HI/c1-19-18(21(2)11-13-6-7-25-12-13)20-10-14-8-16(23-4)17(24-5)9-15(14)22-3;/h8-9,13H,6-7,10-12H2,1-5H3,(H,19,20);1H. The summed E-state index contributed by atoms with van der Waals surface area (Å²) in [6.45, 7) is 3.17. The number of nitrogens with one attached hydrogen (secondary N) is 1. The number of methoxy groups -OCH3 is 3. The van der Waals surface area contributed by atoms with Gasteiger partial charge in [-0.2, -0.15) is 0 Å². The molecule has 1 unspecified atom stereocenters. The molecule has 1 aromatic carbocycles. The van der Waals surface area contributed by atoms with E-state index in [4.69, 9.17) is 18.9 Å². The molecule has 0 spiro atoms. The van der Waals surface area contributed by atoms with Crippen molar-refractivity contribution in [3.05, 3.63) is 17.7 Å². The van der Waals surface area contributed by atoms with Gasteiger partial charge < -0.3 is 29.2 Å². The highest BCUT2D eigenvalue weighted by molar-refractivity contribution is 14.0. The zero-order chi connectivity index (χ0) is 18.2. The third kappa shape index (κ3) is 5.80. The minimum Gasteiger partial charge on any atom is -0.496 e. The molecule has 2 rings (SSSR count). The number of aliphatic imine (C=N–C) groups is 1. The van der Waals surface area contributed by atoms with Gasteiger partial charge in [0.1, 0.15) is 5.75 Å². The average molecular weight is 479 g/mol. The van der Waals surface area contributed by atoms with Gasteiger partial charge in [0, 0.05) is 51.3 Å². The quantitative estimate of drug-likeness (QED) is 0.368. The van der Waals surface area contributed by atoms with Crippen LogP contribution < -0.4 is 19.5 Å². The Morgan fingerprint density at radius 3 is 2.38 bits per heavy atom. The number of ether oxygens (including phenoxy) is 4. The lowest BCUT2D eigenvalue weighted by Crippen LogP contribution is -2.41. The summed E-state index contributed by atoms with van der Waals surface area (Å²) in [6.07, 6.45) is 1.10. The van der Waals surface area contributed by atoms with Crippen LogP contribution in [0.5, 0.6) is 17.2 Å². The predicted molar refractivity (Wildman–Crippen MR) is 113 cm³/mol. The Morgan fingerprint density at radius 1 is 1.19 bits per heavy atom. The van der Waals surface area contributed by atoms with Gasteiger partial charge in [-0.05, 0) is 12.5 Å². The number of nitrogens with zero attached hydrogens (tertiary/aromatic N) is 2. The van der Waals surface area contributed by atoms with Crippen molar-refractivity contribution in [2.24, 2.45) is 10.9 Å². The minimum atomic E-state index is 0. The summed E-state index contributed by atoms with van der Waals surface area (Å²) in [6, 6.07) is 3.75. The zero-order valence-electron chi connectivity index (χ0n) is 16.2. The predicted octanol–water partition coefficient (Wildman–Crippen LogP) is 2.37. The Balaban J connectivity index is 0.00000338. The number of guanidine groups is 1. The van der Waals surface area contributed by atoms with Crippen molar-refractivity contribution in [2.45, 2.75) is 13.0 Å². The van der Waals surface area contributed by atoms with Gasteiger partial charge in [-0.15, -0.1) is 24.0 Å². The summed E-state index contributed by atoms with van der Waals surface area (Å²) in [5, 5.41) is 3.38. The number of benzene rings is 1. The first-order valence-electron chi connectivity index (χ1n) is 8.41. The lowest BCUT2D eigenvalue weighted by atomic mass is 10.1. The second kappa shape index (κ2) is 11.3. The van der Waals surface area contributed by atoms with Crippen molar-refractivity contribution in [1.82, 2.24) is 10.2 Å². The van der Waals surface area contributed by atoms with Crippen molar-refractivity contribution in [2.75, 3.05) is 55.2 Å². The van der Waals surface area contributed by atoms with Crippen LogP contribution >= 0.6 is 24.0 Å². The first kappa shape index (κ1) is 22.6. The molecular formula is C18H30IN3O4. The van der Waals surface area contributed by atoms with Gasteiger partial charge in [-0.3, -0.25) is 4.99 Å². The van der Waals surface area contributed by atoms with Crippen molar-refractivity contribution < 1.29 is 18.9 Å². The van der Waals surface area contributed by atoms with Crippen molar-refractivity contribution in [3.8, 4) is 17.2 Å². The molecule has 0 bridgehead atoms. The minimum absolute atomic E-state index is 0. The summed E-state index contributed by atoms with van der Waals surface area (Å²) in [5.41, 5.74) is 0.971. The topological polar surface area (TPSA) is 64.6 Å². The van der Waals surface area contributed by atoms with Gasteiger partial charge in [0.25, 0.3) is 0 Å². The second-order valence-electron chi connectivity index (χ2n) is 6.03. The molecule has 1 aliphatic heterocycles. The highest BCUT2D eigenvalue weighted by Gasteiger charge is 2.19. The molecule has 0 amide bonds. The molecule has 0 aliphatic carbocycles. The fraction of sp³-hybridized carbons (Fsp3) is 0.611. The van der Waals surface area contributed by atoms with Crippen LogP contribution in [0.4, 0.5) is 0 Å². The molecule has 1 aromatic rings. The maximum atomic E-state index is 5.48. The van der Waals surface area contributed by atoms with E-state index in [9.17, 15) is 0 Å². The highest BCUT2D eigenvalue weighted by Crippen LogP contribution is 2.34. The molecule has 0 saturated carbocycles. The number of hydrogen-bond acceptors (Lipinski definition) is 5. The van der Waals surface area contributed by atoms with E-state index in [0.717, 1.165) is 43.5 Å². The molecule has 148 valence electrons. The van der Waals surface area contributed by atoms with E-state index < -0.39 is 0 Å². The lowest BCUT2D eigenvalue weighted by Gasteiger charge is -2.25. The molecule has 1 aliphatic rings. The van der Waals surface area contributed by atoms with Crippen molar-refractivity contribution in [3.63, 3.8) is 0 Å². The number of halogens is 1. The fourth-order valence-corrected chi connectivity index (χ4v) is 2.99. The third-order valence-corrected chi connectivity index (χ3v) is 4.35. The van der Waals surface area contributed by atoms with Gasteiger partial charge in [-0.1, -0.05) is 0 Å².